The summed E-state index contributed by atoms with van der Waals surface area (Å²) in [6.07, 6.45) is 2.87. The highest BCUT2D eigenvalue weighted by atomic mass is 16.5. The number of nitrogens with two attached hydrogens (primary N) is 1. The summed E-state index contributed by atoms with van der Waals surface area (Å²) in [5.41, 5.74) is 5.98. The minimum Gasteiger partial charge on any atom is -0.378 e. The van der Waals surface area contributed by atoms with Crippen LogP contribution in [0.15, 0.2) is 0 Å². The van der Waals surface area contributed by atoms with Crippen molar-refractivity contribution in [1.29, 1.82) is 0 Å². The van der Waals surface area contributed by atoms with Gasteiger partial charge in [-0.15, -0.1) is 0 Å². The first-order chi connectivity index (χ1) is 4.75. The smallest absolute Gasteiger partial charge is 0.0615 e. The van der Waals surface area contributed by atoms with Gasteiger partial charge in [0.05, 0.1) is 6.10 Å². The molecule has 2 heteroatoms. The van der Waals surface area contributed by atoms with Crippen molar-refractivity contribution in [3.63, 3.8) is 0 Å². The Kier molecular flexibility index (Phi) is 2.32. The molecule has 2 nitrogen and oxygen atoms in total. The lowest BCUT2D eigenvalue weighted by Gasteiger charge is -2.20. The van der Waals surface area contributed by atoms with Crippen LogP contribution < -0.4 is 5.73 Å². The number of hydrogen-bond donors (Lipinski definition) is 1. The SMILES string of the molecule is CCOC(C)C1(CN)CC1. The summed E-state index contributed by atoms with van der Waals surface area (Å²) >= 11 is 0. The molecule has 0 spiro atoms. The van der Waals surface area contributed by atoms with E-state index < -0.39 is 0 Å². The molecule has 1 unspecified atom stereocenters. The van der Waals surface area contributed by atoms with Gasteiger partial charge >= 0.3 is 0 Å². The van der Waals surface area contributed by atoms with Crippen molar-refractivity contribution in [3.05, 3.63) is 0 Å². The fraction of sp³-hybridized carbons (Fsp3) is 1.00. The molecule has 0 amide bonds. The van der Waals surface area contributed by atoms with Gasteiger partial charge in [-0.1, -0.05) is 0 Å². The Hall–Kier alpha value is -0.0800. The van der Waals surface area contributed by atoms with Gasteiger partial charge in [-0.3, -0.25) is 0 Å². The van der Waals surface area contributed by atoms with Gasteiger partial charge in [0.1, 0.15) is 0 Å². The molecule has 0 aromatic rings. The normalized spacial score (nSPS) is 24.3. The zero-order valence-corrected chi connectivity index (χ0v) is 6.89. The maximum atomic E-state index is 5.62. The summed E-state index contributed by atoms with van der Waals surface area (Å²) in [4.78, 5) is 0. The monoisotopic (exact) mass is 143 g/mol. The molecular formula is C8H17NO. The van der Waals surface area contributed by atoms with Crippen LogP contribution in [-0.4, -0.2) is 19.3 Å². The molecule has 2 N–H and O–H groups in total. The fourth-order valence-corrected chi connectivity index (χ4v) is 1.36. The zero-order chi connectivity index (χ0) is 7.61. The van der Waals surface area contributed by atoms with E-state index in [0.717, 1.165) is 13.2 Å². The van der Waals surface area contributed by atoms with E-state index in [9.17, 15) is 0 Å². The molecule has 0 aliphatic heterocycles. The highest BCUT2D eigenvalue weighted by Crippen LogP contribution is 2.48. The van der Waals surface area contributed by atoms with Crippen LogP contribution in [-0.2, 0) is 4.74 Å². The summed E-state index contributed by atoms with van der Waals surface area (Å²) < 4.78 is 5.48. The lowest BCUT2D eigenvalue weighted by atomic mass is 10.0. The van der Waals surface area contributed by atoms with Crippen molar-refractivity contribution in [2.24, 2.45) is 11.1 Å². The number of hydrogen-bond acceptors (Lipinski definition) is 2. The molecular weight excluding hydrogens is 126 g/mol. The third kappa shape index (κ3) is 1.32. The summed E-state index contributed by atoms with van der Waals surface area (Å²) in [7, 11) is 0. The summed E-state index contributed by atoms with van der Waals surface area (Å²) in [6, 6.07) is 0. The molecule has 1 rings (SSSR count). The Morgan fingerprint density at radius 2 is 2.20 bits per heavy atom. The molecule has 0 radical (unpaired) electrons. The molecule has 1 saturated carbocycles. The highest BCUT2D eigenvalue weighted by molar-refractivity contribution is 4.98. The van der Waals surface area contributed by atoms with E-state index >= 15 is 0 Å². The lowest BCUT2D eigenvalue weighted by molar-refractivity contribution is 0.0254. The average molecular weight is 143 g/mol. The highest BCUT2D eigenvalue weighted by Gasteiger charge is 2.46. The predicted octanol–water partition coefficient (Wildman–Crippen LogP) is 1.15. The number of ether oxygens (including phenoxy) is 1. The molecule has 1 fully saturated rings. The van der Waals surface area contributed by atoms with Crippen LogP contribution in [0.3, 0.4) is 0 Å². The van der Waals surface area contributed by atoms with Crippen LogP contribution in [0.4, 0.5) is 0 Å². The largest absolute Gasteiger partial charge is 0.378 e. The van der Waals surface area contributed by atoms with Crippen LogP contribution in [0.25, 0.3) is 0 Å². The Morgan fingerprint density at radius 3 is 2.50 bits per heavy atom. The minimum absolute atomic E-state index is 0.357. The molecule has 10 heavy (non-hydrogen) atoms. The molecule has 1 aliphatic carbocycles. The van der Waals surface area contributed by atoms with Crippen molar-refractivity contribution in [2.75, 3.05) is 13.2 Å². The maximum Gasteiger partial charge on any atom is 0.0615 e. The van der Waals surface area contributed by atoms with E-state index in [4.69, 9.17) is 10.5 Å². The Bertz CT molecular complexity index is 110. The second kappa shape index (κ2) is 2.89. The molecule has 1 aliphatic rings. The second-order valence-corrected chi connectivity index (χ2v) is 3.16. The molecule has 0 saturated heterocycles. The quantitative estimate of drug-likeness (QED) is 0.640. The first-order valence-corrected chi connectivity index (χ1v) is 4.07. The van der Waals surface area contributed by atoms with E-state index in [1.165, 1.54) is 12.8 Å². The van der Waals surface area contributed by atoms with Crippen molar-refractivity contribution in [2.45, 2.75) is 32.8 Å². The lowest BCUT2D eigenvalue weighted by Crippen LogP contribution is -2.29. The Morgan fingerprint density at radius 1 is 1.60 bits per heavy atom. The first kappa shape index (κ1) is 8.02. The van der Waals surface area contributed by atoms with Gasteiger partial charge in [0.25, 0.3) is 0 Å². The predicted molar refractivity (Wildman–Crippen MR) is 41.8 cm³/mol. The molecule has 0 bridgehead atoms. The fourth-order valence-electron chi connectivity index (χ4n) is 1.36. The number of rotatable bonds is 4. The van der Waals surface area contributed by atoms with E-state index in [0.29, 0.717) is 11.5 Å². The van der Waals surface area contributed by atoms with Crippen molar-refractivity contribution in [3.8, 4) is 0 Å². The molecule has 60 valence electrons. The summed E-state index contributed by atoms with van der Waals surface area (Å²) in [5.74, 6) is 0. The van der Waals surface area contributed by atoms with Gasteiger partial charge in [-0.05, 0) is 26.7 Å². The summed E-state index contributed by atoms with van der Waals surface area (Å²) in [6.45, 7) is 5.75. The Balaban J connectivity index is 2.32. The van der Waals surface area contributed by atoms with Crippen molar-refractivity contribution in [1.82, 2.24) is 0 Å². The summed E-state index contributed by atoms with van der Waals surface area (Å²) in [5, 5.41) is 0. The molecule has 0 aromatic carbocycles. The third-order valence-electron chi connectivity index (χ3n) is 2.58. The van der Waals surface area contributed by atoms with E-state index in [1.807, 2.05) is 6.92 Å². The van der Waals surface area contributed by atoms with E-state index in [2.05, 4.69) is 6.92 Å². The van der Waals surface area contributed by atoms with Crippen molar-refractivity contribution >= 4 is 0 Å². The van der Waals surface area contributed by atoms with Gasteiger partial charge in [0.15, 0.2) is 0 Å². The van der Waals surface area contributed by atoms with Crippen LogP contribution in [0.5, 0.6) is 0 Å². The topological polar surface area (TPSA) is 35.2 Å². The van der Waals surface area contributed by atoms with Crippen LogP contribution in [0.2, 0.25) is 0 Å². The van der Waals surface area contributed by atoms with Crippen molar-refractivity contribution < 1.29 is 4.74 Å². The van der Waals surface area contributed by atoms with Gasteiger partial charge in [0.2, 0.25) is 0 Å². The standard InChI is InChI=1S/C8H17NO/c1-3-10-7(2)8(6-9)4-5-8/h7H,3-6,9H2,1-2H3. The molecule has 1 atom stereocenters. The average Bonchev–Trinajstić information content (AvgIpc) is 2.68. The van der Waals surface area contributed by atoms with Gasteiger partial charge in [-0.25, -0.2) is 0 Å². The van der Waals surface area contributed by atoms with Crippen LogP contribution in [0.1, 0.15) is 26.7 Å². The van der Waals surface area contributed by atoms with E-state index in [1.54, 1.807) is 0 Å². The minimum atomic E-state index is 0.357. The third-order valence-corrected chi connectivity index (χ3v) is 2.58. The second-order valence-electron chi connectivity index (χ2n) is 3.16. The van der Waals surface area contributed by atoms with Gasteiger partial charge < -0.3 is 10.5 Å². The Labute approximate surface area is 62.7 Å². The zero-order valence-electron chi connectivity index (χ0n) is 6.89. The van der Waals surface area contributed by atoms with E-state index in [-0.39, 0.29) is 0 Å². The molecule has 0 aromatic heterocycles. The molecule has 0 heterocycles. The van der Waals surface area contributed by atoms with Gasteiger partial charge in [-0.2, -0.15) is 0 Å². The maximum absolute atomic E-state index is 5.62. The van der Waals surface area contributed by atoms with Crippen LogP contribution >= 0.6 is 0 Å². The van der Waals surface area contributed by atoms with Gasteiger partial charge in [0, 0.05) is 18.6 Å². The first-order valence-electron chi connectivity index (χ1n) is 4.07. The van der Waals surface area contributed by atoms with Crippen LogP contribution in [0, 0.1) is 5.41 Å².